The van der Waals surface area contributed by atoms with Gasteiger partial charge in [0.2, 0.25) is 0 Å². The number of carboxylic acid groups (broad SMARTS) is 1. The van der Waals surface area contributed by atoms with Gasteiger partial charge in [-0.3, -0.25) is 10.1 Å². The second-order valence-electron chi connectivity index (χ2n) is 1.79. The largest absolute Gasteiger partial charge is 0.495 e. The molecule has 0 saturated carbocycles. The molecule has 0 heterocycles. The summed E-state index contributed by atoms with van der Waals surface area (Å²) in [6.07, 6.45) is 0.626. The van der Waals surface area contributed by atoms with Crippen LogP contribution in [0.2, 0.25) is 0 Å². The maximum atomic E-state index is 10.8. The van der Waals surface area contributed by atoms with Gasteiger partial charge in [0.1, 0.15) is 5.57 Å². The molecule has 0 aliphatic rings. The molecule has 12 heavy (non-hydrogen) atoms. The average molecular weight is 172 g/mol. The predicted molar refractivity (Wildman–Crippen MR) is 39.8 cm³/mol. The van der Waals surface area contributed by atoms with Gasteiger partial charge in [-0.1, -0.05) is 0 Å². The Morgan fingerprint density at radius 1 is 1.42 bits per heavy atom. The lowest BCUT2D eigenvalue weighted by atomic mass is 10.3. The SMILES string of the molecule is C=C(O)NC(=O)/C(=C\N)C(=O)O. The molecule has 0 rings (SSSR count). The standard InChI is InChI=1S/C6H8N2O4/c1-3(9)8-5(10)4(2-7)6(11)12/h2,9H,1,7H2,(H,8,10)(H,11,12)/b4-2+. The van der Waals surface area contributed by atoms with Gasteiger partial charge in [0.15, 0.2) is 5.88 Å². The van der Waals surface area contributed by atoms with Crippen LogP contribution in [0.15, 0.2) is 24.2 Å². The number of carbonyl (C=O) groups is 2. The number of hydrogen-bond donors (Lipinski definition) is 4. The van der Waals surface area contributed by atoms with Gasteiger partial charge in [-0.05, 0) is 6.58 Å². The fraction of sp³-hybridized carbons (Fsp3) is 0. The minimum atomic E-state index is -1.48. The zero-order valence-electron chi connectivity index (χ0n) is 6.07. The molecular formula is C6H8N2O4. The Morgan fingerprint density at radius 3 is 2.17 bits per heavy atom. The van der Waals surface area contributed by atoms with Crippen molar-refractivity contribution < 1.29 is 19.8 Å². The van der Waals surface area contributed by atoms with E-state index in [1.54, 1.807) is 5.32 Å². The number of hydrogen-bond acceptors (Lipinski definition) is 4. The number of aliphatic hydroxyl groups is 1. The minimum absolute atomic E-state index is 0.626. The summed E-state index contributed by atoms with van der Waals surface area (Å²) in [5.41, 5.74) is 4.17. The van der Waals surface area contributed by atoms with E-state index in [9.17, 15) is 9.59 Å². The second-order valence-corrected chi connectivity index (χ2v) is 1.79. The highest BCUT2D eigenvalue weighted by molar-refractivity contribution is 6.15. The lowest BCUT2D eigenvalue weighted by Crippen LogP contribution is -2.28. The lowest BCUT2D eigenvalue weighted by molar-refractivity contribution is -0.134. The number of rotatable bonds is 3. The monoisotopic (exact) mass is 172 g/mol. The molecule has 0 aromatic carbocycles. The maximum Gasteiger partial charge on any atom is 0.342 e. The van der Waals surface area contributed by atoms with Gasteiger partial charge < -0.3 is 15.9 Å². The van der Waals surface area contributed by atoms with Crippen LogP contribution in [0.4, 0.5) is 0 Å². The predicted octanol–water partition coefficient (Wildman–Crippen LogP) is -0.941. The summed E-state index contributed by atoms with van der Waals surface area (Å²) < 4.78 is 0. The Balaban J connectivity index is 4.46. The van der Waals surface area contributed by atoms with Crippen molar-refractivity contribution in [3.05, 3.63) is 24.2 Å². The number of carbonyl (C=O) groups excluding carboxylic acids is 1. The number of carboxylic acids is 1. The molecule has 0 unspecified atom stereocenters. The molecule has 0 spiro atoms. The third-order valence-electron chi connectivity index (χ3n) is 0.900. The van der Waals surface area contributed by atoms with Gasteiger partial charge >= 0.3 is 5.97 Å². The molecule has 0 radical (unpaired) electrons. The molecule has 0 fully saturated rings. The highest BCUT2D eigenvalue weighted by Gasteiger charge is 2.16. The van der Waals surface area contributed by atoms with Crippen molar-refractivity contribution in [3.8, 4) is 0 Å². The normalized spacial score (nSPS) is 10.5. The molecule has 0 atom stereocenters. The molecule has 0 aromatic heterocycles. The molecule has 0 bridgehead atoms. The lowest BCUT2D eigenvalue weighted by Gasteiger charge is -2.01. The summed E-state index contributed by atoms with van der Waals surface area (Å²) in [6.45, 7) is 2.93. The Bertz CT molecular complexity index is 256. The van der Waals surface area contributed by atoms with Crippen molar-refractivity contribution >= 4 is 11.9 Å². The first-order chi connectivity index (χ1) is 5.49. The van der Waals surface area contributed by atoms with Crippen LogP contribution in [0.5, 0.6) is 0 Å². The molecule has 0 aromatic rings. The van der Waals surface area contributed by atoms with Gasteiger partial charge in [0, 0.05) is 6.20 Å². The Kier molecular flexibility index (Phi) is 3.35. The maximum absolute atomic E-state index is 10.8. The van der Waals surface area contributed by atoms with Crippen molar-refractivity contribution in [2.45, 2.75) is 0 Å². The Labute approximate surface area is 68.0 Å². The summed E-state index contributed by atoms with van der Waals surface area (Å²) in [4.78, 5) is 21.0. The average Bonchev–Trinajstić information content (AvgIpc) is 1.85. The van der Waals surface area contributed by atoms with Gasteiger partial charge in [-0.2, -0.15) is 0 Å². The van der Waals surface area contributed by atoms with Crippen LogP contribution in [0, 0.1) is 0 Å². The summed E-state index contributed by atoms with van der Waals surface area (Å²) in [7, 11) is 0. The highest BCUT2D eigenvalue weighted by atomic mass is 16.4. The van der Waals surface area contributed by atoms with E-state index in [-0.39, 0.29) is 0 Å². The fourth-order valence-electron chi connectivity index (χ4n) is 0.442. The zero-order chi connectivity index (χ0) is 9.72. The number of amides is 1. The van der Waals surface area contributed by atoms with Crippen molar-refractivity contribution in [2.75, 3.05) is 0 Å². The van der Waals surface area contributed by atoms with Crippen LogP contribution in [0.1, 0.15) is 0 Å². The van der Waals surface area contributed by atoms with Crippen LogP contribution in [0.25, 0.3) is 0 Å². The molecular weight excluding hydrogens is 164 g/mol. The molecule has 0 aliphatic carbocycles. The van der Waals surface area contributed by atoms with Crippen LogP contribution in [0.3, 0.4) is 0 Å². The number of aliphatic carboxylic acids is 1. The molecule has 6 heteroatoms. The van der Waals surface area contributed by atoms with E-state index in [0.29, 0.717) is 6.20 Å². The summed E-state index contributed by atoms with van der Waals surface area (Å²) in [5.74, 6) is -3.13. The van der Waals surface area contributed by atoms with E-state index in [1.807, 2.05) is 0 Å². The van der Waals surface area contributed by atoms with Crippen molar-refractivity contribution in [2.24, 2.45) is 5.73 Å². The van der Waals surface area contributed by atoms with E-state index in [4.69, 9.17) is 15.9 Å². The van der Waals surface area contributed by atoms with E-state index in [0.717, 1.165) is 0 Å². The zero-order valence-corrected chi connectivity index (χ0v) is 6.07. The van der Waals surface area contributed by atoms with Crippen molar-refractivity contribution in [3.63, 3.8) is 0 Å². The first kappa shape index (κ1) is 10.0. The smallest absolute Gasteiger partial charge is 0.342 e. The Hall–Kier alpha value is -1.98. The number of nitrogens with one attached hydrogen (secondary N) is 1. The third kappa shape index (κ3) is 2.74. The topological polar surface area (TPSA) is 113 Å². The van der Waals surface area contributed by atoms with Crippen LogP contribution in [-0.4, -0.2) is 22.1 Å². The molecule has 0 aliphatic heterocycles. The number of aliphatic hydroxyl groups excluding tert-OH is 1. The van der Waals surface area contributed by atoms with Crippen LogP contribution >= 0.6 is 0 Å². The highest BCUT2D eigenvalue weighted by Crippen LogP contribution is 1.92. The van der Waals surface area contributed by atoms with Gasteiger partial charge in [-0.25, -0.2) is 4.79 Å². The fourth-order valence-corrected chi connectivity index (χ4v) is 0.442. The van der Waals surface area contributed by atoms with Crippen LogP contribution < -0.4 is 11.1 Å². The molecule has 5 N–H and O–H groups in total. The minimum Gasteiger partial charge on any atom is -0.495 e. The van der Waals surface area contributed by atoms with Gasteiger partial charge in [0.05, 0.1) is 0 Å². The van der Waals surface area contributed by atoms with E-state index in [1.165, 1.54) is 0 Å². The molecule has 66 valence electrons. The van der Waals surface area contributed by atoms with E-state index < -0.39 is 23.3 Å². The molecule has 6 nitrogen and oxygen atoms in total. The quantitative estimate of drug-likeness (QED) is 0.190. The first-order valence-corrected chi connectivity index (χ1v) is 2.83. The van der Waals surface area contributed by atoms with Gasteiger partial charge in [-0.15, -0.1) is 0 Å². The summed E-state index contributed by atoms with van der Waals surface area (Å²) >= 11 is 0. The number of nitrogens with two attached hydrogens (primary N) is 1. The van der Waals surface area contributed by atoms with Gasteiger partial charge in [0.25, 0.3) is 5.91 Å². The summed E-state index contributed by atoms with van der Waals surface area (Å²) in [5, 5.41) is 18.6. The van der Waals surface area contributed by atoms with Crippen LogP contribution in [-0.2, 0) is 9.59 Å². The summed E-state index contributed by atoms with van der Waals surface area (Å²) in [6, 6.07) is 0. The second kappa shape index (κ2) is 4.02. The van der Waals surface area contributed by atoms with E-state index >= 15 is 0 Å². The molecule has 0 saturated heterocycles. The van der Waals surface area contributed by atoms with Crippen molar-refractivity contribution in [1.29, 1.82) is 0 Å². The Morgan fingerprint density at radius 2 is 1.92 bits per heavy atom. The van der Waals surface area contributed by atoms with Crippen molar-refractivity contribution in [1.82, 2.24) is 5.32 Å². The van der Waals surface area contributed by atoms with E-state index in [2.05, 4.69) is 6.58 Å². The third-order valence-corrected chi connectivity index (χ3v) is 0.900. The first-order valence-electron chi connectivity index (χ1n) is 2.83. The molecule has 1 amide bonds.